The molecule has 2 N–H and O–H groups in total. The van der Waals surface area contributed by atoms with Crippen LogP contribution in [0.2, 0.25) is 5.02 Å². The summed E-state index contributed by atoms with van der Waals surface area (Å²) in [5, 5.41) is 13.2. The van der Waals surface area contributed by atoms with Crippen LogP contribution in [0.5, 0.6) is 5.75 Å². The van der Waals surface area contributed by atoms with Crippen LogP contribution in [-0.2, 0) is 4.79 Å². The molecule has 6 heteroatoms. The molecule has 0 saturated carbocycles. The first-order chi connectivity index (χ1) is 9.54. The fourth-order valence-corrected chi connectivity index (χ4v) is 1.65. The van der Waals surface area contributed by atoms with Gasteiger partial charge in [0.05, 0.1) is 11.6 Å². The summed E-state index contributed by atoms with van der Waals surface area (Å²) in [5.74, 6) is 0.529. The molecule has 20 heavy (non-hydrogen) atoms. The molecule has 1 unspecified atom stereocenters. The quantitative estimate of drug-likeness (QED) is 0.756. The van der Waals surface area contributed by atoms with Gasteiger partial charge in [0, 0.05) is 20.1 Å². The molecule has 1 amide bonds. The zero-order valence-corrected chi connectivity index (χ0v) is 12.6. The molecule has 1 aromatic rings. The number of nitrogens with zero attached hydrogens (tertiary/aromatic N) is 1. The van der Waals surface area contributed by atoms with Gasteiger partial charge in [-0.05, 0) is 19.1 Å². The maximum atomic E-state index is 11.5. The van der Waals surface area contributed by atoms with E-state index in [1.807, 2.05) is 19.1 Å². The van der Waals surface area contributed by atoms with Crippen LogP contribution in [0.25, 0.3) is 0 Å². The molecular formula is C14H21ClN2O3. The Kier molecular flexibility index (Phi) is 7.36. The third kappa shape index (κ3) is 5.77. The number of hydrogen-bond acceptors (Lipinski definition) is 4. The van der Waals surface area contributed by atoms with Crippen LogP contribution in [-0.4, -0.2) is 55.3 Å². The van der Waals surface area contributed by atoms with Crippen molar-refractivity contribution in [1.82, 2.24) is 10.2 Å². The molecule has 0 saturated heterocycles. The van der Waals surface area contributed by atoms with Gasteiger partial charge in [-0.15, -0.1) is 0 Å². The van der Waals surface area contributed by atoms with E-state index in [-0.39, 0.29) is 25.6 Å². The molecule has 0 aromatic heterocycles. The number of halogens is 1. The fraction of sp³-hybridized carbons (Fsp3) is 0.500. The Morgan fingerprint density at radius 2 is 2.20 bits per heavy atom. The predicted octanol–water partition coefficient (Wildman–Crippen LogP) is 1.15. The Hall–Kier alpha value is -1.30. The number of amides is 1. The van der Waals surface area contributed by atoms with E-state index in [4.69, 9.17) is 16.3 Å². The average Bonchev–Trinajstić information content (AvgIpc) is 2.45. The zero-order chi connectivity index (χ0) is 15.0. The van der Waals surface area contributed by atoms with Gasteiger partial charge >= 0.3 is 0 Å². The highest BCUT2D eigenvalue weighted by Gasteiger charge is 2.09. The van der Waals surface area contributed by atoms with Crippen molar-refractivity contribution in [2.45, 2.75) is 13.0 Å². The van der Waals surface area contributed by atoms with Gasteiger partial charge < -0.3 is 20.1 Å². The molecule has 112 valence electrons. The highest BCUT2D eigenvalue weighted by atomic mass is 35.5. The summed E-state index contributed by atoms with van der Waals surface area (Å²) < 4.78 is 5.41. The first-order valence-corrected chi connectivity index (χ1v) is 6.92. The number of hydrogen-bond donors (Lipinski definition) is 2. The van der Waals surface area contributed by atoms with E-state index >= 15 is 0 Å². The topological polar surface area (TPSA) is 61.8 Å². The molecule has 0 bridgehead atoms. The highest BCUT2D eigenvalue weighted by molar-refractivity contribution is 6.32. The van der Waals surface area contributed by atoms with Crippen LogP contribution >= 0.6 is 11.6 Å². The number of carbonyl (C=O) groups excluding carboxylic acids is 1. The largest absolute Gasteiger partial charge is 0.489 e. The first-order valence-electron chi connectivity index (χ1n) is 6.54. The minimum Gasteiger partial charge on any atom is -0.489 e. The SMILES string of the molecule is CCN(C)C(=O)CNCC(O)COc1ccccc1Cl. The van der Waals surface area contributed by atoms with Crippen LogP contribution in [0.1, 0.15) is 6.92 Å². The van der Waals surface area contributed by atoms with Crippen molar-refractivity contribution < 1.29 is 14.6 Å². The van der Waals surface area contributed by atoms with Gasteiger partial charge in [-0.1, -0.05) is 23.7 Å². The molecule has 0 heterocycles. The number of para-hydroxylation sites is 1. The lowest BCUT2D eigenvalue weighted by molar-refractivity contribution is -0.128. The molecule has 0 spiro atoms. The number of aliphatic hydroxyl groups excluding tert-OH is 1. The Labute approximate surface area is 124 Å². The third-order valence-electron chi connectivity index (χ3n) is 2.82. The monoisotopic (exact) mass is 300 g/mol. The number of ether oxygens (including phenoxy) is 1. The van der Waals surface area contributed by atoms with E-state index in [2.05, 4.69) is 5.32 Å². The molecule has 0 radical (unpaired) electrons. The summed E-state index contributed by atoms with van der Waals surface area (Å²) in [6, 6.07) is 7.08. The second-order valence-corrected chi connectivity index (χ2v) is 4.84. The number of rotatable bonds is 8. The van der Waals surface area contributed by atoms with Crippen LogP contribution in [0.15, 0.2) is 24.3 Å². The van der Waals surface area contributed by atoms with E-state index in [9.17, 15) is 9.90 Å². The Bertz CT molecular complexity index is 429. The van der Waals surface area contributed by atoms with Crippen molar-refractivity contribution in [2.24, 2.45) is 0 Å². The Morgan fingerprint density at radius 1 is 1.50 bits per heavy atom. The summed E-state index contributed by atoms with van der Waals surface area (Å²) in [6.07, 6.45) is -0.703. The van der Waals surface area contributed by atoms with Crippen LogP contribution < -0.4 is 10.1 Å². The van der Waals surface area contributed by atoms with Crippen LogP contribution in [0.4, 0.5) is 0 Å². The van der Waals surface area contributed by atoms with Gasteiger partial charge in [-0.3, -0.25) is 4.79 Å². The van der Waals surface area contributed by atoms with Crippen molar-refractivity contribution in [3.8, 4) is 5.75 Å². The fourth-order valence-electron chi connectivity index (χ4n) is 1.46. The standard InChI is InChI=1S/C14H21ClN2O3/c1-3-17(2)14(19)9-16-8-11(18)10-20-13-7-5-4-6-12(13)15/h4-7,11,16,18H,3,8-10H2,1-2H3. The second kappa shape index (κ2) is 8.79. The normalized spacial score (nSPS) is 12.0. The van der Waals surface area contributed by atoms with Gasteiger partial charge in [0.1, 0.15) is 18.5 Å². The van der Waals surface area contributed by atoms with Crippen molar-refractivity contribution >= 4 is 17.5 Å². The summed E-state index contributed by atoms with van der Waals surface area (Å²) in [4.78, 5) is 13.1. The lowest BCUT2D eigenvalue weighted by Crippen LogP contribution is -2.39. The molecule has 0 fully saturated rings. The summed E-state index contributed by atoms with van der Waals surface area (Å²) in [7, 11) is 1.74. The highest BCUT2D eigenvalue weighted by Crippen LogP contribution is 2.22. The van der Waals surface area contributed by atoms with Gasteiger partial charge in [-0.2, -0.15) is 0 Å². The number of carbonyl (C=O) groups is 1. The maximum absolute atomic E-state index is 11.5. The Morgan fingerprint density at radius 3 is 2.85 bits per heavy atom. The minimum absolute atomic E-state index is 0.00766. The predicted molar refractivity (Wildman–Crippen MR) is 79.1 cm³/mol. The lowest BCUT2D eigenvalue weighted by atomic mass is 10.3. The third-order valence-corrected chi connectivity index (χ3v) is 3.14. The molecule has 0 aliphatic carbocycles. The number of benzene rings is 1. The molecule has 5 nitrogen and oxygen atoms in total. The Balaban J connectivity index is 2.23. The van der Waals surface area contributed by atoms with Crippen LogP contribution in [0, 0.1) is 0 Å². The summed E-state index contributed by atoms with van der Waals surface area (Å²) in [6.45, 7) is 3.18. The smallest absolute Gasteiger partial charge is 0.236 e. The van der Waals surface area contributed by atoms with E-state index in [0.717, 1.165) is 0 Å². The second-order valence-electron chi connectivity index (χ2n) is 4.43. The van der Waals surface area contributed by atoms with Crippen molar-refractivity contribution in [2.75, 3.05) is 33.3 Å². The summed E-state index contributed by atoms with van der Waals surface area (Å²) >= 11 is 5.93. The maximum Gasteiger partial charge on any atom is 0.236 e. The molecule has 1 rings (SSSR count). The summed E-state index contributed by atoms with van der Waals surface area (Å²) in [5.41, 5.74) is 0. The minimum atomic E-state index is -0.703. The van der Waals surface area contributed by atoms with Crippen molar-refractivity contribution in [1.29, 1.82) is 0 Å². The van der Waals surface area contributed by atoms with Crippen LogP contribution in [0.3, 0.4) is 0 Å². The average molecular weight is 301 g/mol. The van der Waals surface area contributed by atoms with Crippen molar-refractivity contribution in [3.63, 3.8) is 0 Å². The zero-order valence-electron chi connectivity index (χ0n) is 11.8. The number of aliphatic hydroxyl groups is 1. The molecule has 1 aromatic carbocycles. The molecular weight excluding hydrogens is 280 g/mol. The van der Waals surface area contributed by atoms with Gasteiger partial charge in [0.25, 0.3) is 0 Å². The van der Waals surface area contributed by atoms with E-state index in [1.54, 1.807) is 24.1 Å². The van der Waals surface area contributed by atoms with Gasteiger partial charge in [0.2, 0.25) is 5.91 Å². The lowest BCUT2D eigenvalue weighted by Gasteiger charge is -2.17. The molecule has 0 aliphatic heterocycles. The van der Waals surface area contributed by atoms with Crippen molar-refractivity contribution in [3.05, 3.63) is 29.3 Å². The van der Waals surface area contributed by atoms with Gasteiger partial charge in [0.15, 0.2) is 0 Å². The molecule has 1 atom stereocenters. The van der Waals surface area contributed by atoms with Gasteiger partial charge in [-0.25, -0.2) is 0 Å². The first kappa shape index (κ1) is 16.8. The number of likely N-dealkylation sites (N-methyl/N-ethyl adjacent to an activating group) is 1. The van der Waals surface area contributed by atoms with E-state index in [1.165, 1.54) is 0 Å². The molecule has 0 aliphatic rings. The van der Waals surface area contributed by atoms with E-state index < -0.39 is 6.10 Å². The number of nitrogens with one attached hydrogen (secondary N) is 1. The van der Waals surface area contributed by atoms with E-state index in [0.29, 0.717) is 17.3 Å².